The Morgan fingerprint density at radius 1 is 0.317 bits per heavy atom. The Balaban J connectivity index is 0.878. The van der Waals surface area contributed by atoms with E-state index in [9.17, 15) is 0 Å². The smallest absolute Gasteiger partial charge is 0.0462 e. The fraction of sp³-hybridized carbons (Fsp3) is 0.0847. The molecule has 60 heavy (non-hydrogen) atoms. The van der Waals surface area contributed by atoms with Crippen molar-refractivity contribution in [3.05, 3.63) is 233 Å². The van der Waals surface area contributed by atoms with E-state index in [-0.39, 0.29) is 0 Å². The topological polar surface area (TPSA) is 3.24 Å². The molecule has 3 aliphatic rings. The summed E-state index contributed by atoms with van der Waals surface area (Å²) in [7, 11) is 0. The van der Waals surface area contributed by atoms with E-state index in [0.29, 0.717) is 0 Å². The molecule has 8 aromatic carbocycles. The molecule has 0 aromatic heterocycles. The van der Waals surface area contributed by atoms with Crippen LogP contribution in [0.1, 0.15) is 51.8 Å². The van der Waals surface area contributed by atoms with Crippen molar-refractivity contribution in [1.29, 1.82) is 0 Å². The molecule has 0 fully saturated rings. The molecular weight excluding hydrogens is 723 g/mol. The lowest BCUT2D eigenvalue weighted by atomic mass is 9.93. The number of hydrogen-bond acceptors (Lipinski definition) is 1. The second-order valence-electron chi connectivity index (χ2n) is 16.4. The van der Waals surface area contributed by atoms with E-state index < -0.39 is 0 Å². The van der Waals surface area contributed by atoms with Gasteiger partial charge in [-0.15, -0.1) is 0 Å². The molecular formula is C59H45N. The molecule has 0 heterocycles. The molecule has 1 nitrogen and oxygen atoms in total. The highest BCUT2D eigenvalue weighted by Crippen LogP contribution is 2.39. The maximum absolute atomic E-state index is 2.37. The predicted octanol–water partition coefficient (Wildman–Crippen LogP) is 15.8. The van der Waals surface area contributed by atoms with Crippen molar-refractivity contribution in [3.8, 4) is 44.5 Å². The van der Waals surface area contributed by atoms with Crippen molar-refractivity contribution in [2.75, 3.05) is 4.90 Å². The fourth-order valence-corrected chi connectivity index (χ4v) is 9.27. The van der Waals surface area contributed by atoms with Crippen molar-refractivity contribution >= 4 is 40.9 Å². The lowest BCUT2D eigenvalue weighted by Crippen LogP contribution is -2.10. The first-order valence-corrected chi connectivity index (χ1v) is 21.4. The van der Waals surface area contributed by atoms with Gasteiger partial charge in [-0.3, -0.25) is 0 Å². The van der Waals surface area contributed by atoms with Crippen LogP contribution in [0.3, 0.4) is 0 Å². The fourth-order valence-electron chi connectivity index (χ4n) is 9.27. The van der Waals surface area contributed by atoms with Gasteiger partial charge in [0.2, 0.25) is 0 Å². The number of fused-ring (bicyclic) bond motifs is 3. The zero-order valence-electron chi connectivity index (χ0n) is 33.7. The molecule has 3 aliphatic carbocycles. The third-order valence-electron chi connectivity index (χ3n) is 12.7. The van der Waals surface area contributed by atoms with Crippen molar-refractivity contribution in [3.63, 3.8) is 0 Å². The molecule has 11 rings (SSSR count). The monoisotopic (exact) mass is 767 g/mol. The van der Waals surface area contributed by atoms with E-state index in [1.54, 1.807) is 0 Å². The molecule has 0 bridgehead atoms. The number of rotatable bonds is 8. The third kappa shape index (κ3) is 7.03. The summed E-state index contributed by atoms with van der Waals surface area (Å²) in [5, 5.41) is 0. The highest BCUT2D eigenvalue weighted by molar-refractivity contribution is 5.89. The summed E-state index contributed by atoms with van der Waals surface area (Å²) >= 11 is 0. The maximum atomic E-state index is 2.37. The van der Waals surface area contributed by atoms with Crippen molar-refractivity contribution in [1.82, 2.24) is 0 Å². The lowest BCUT2D eigenvalue weighted by molar-refractivity contribution is 0.986. The normalized spacial score (nSPS) is 13.6. The van der Waals surface area contributed by atoms with Gasteiger partial charge in [-0.2, -0.15) is 0 Å². The summed E-state index contributed by atoms with van der Waals surface area (Å²) in [6.45, 7) is 0. The summed E-state index contributed by atoms with van der Waals surface area (Å²) < 4.78 is 0. The van der Waals surface area contributed by atoms with Gasteiger partial charge in [0, 0.05) is 17.1 Å². The van der Waals surface area contributed by atoms with Gasteiger partial charge >= 0.3 is 0 Å². The lowest BCUT2D eigenvalue weighted by Gasteiger charge is -2.26. The first-order chi connectivity index (χ1) is 29.7. The largest absolute Gasteiger partial charge is 0.311 e. The van der Waals surface area contributed by atoms with E-state index >= 15 is 0 Å². The Morgan fingerprint density at radius 3 is 1.15 bits per heavy atom. The molecule has 0 atom stereocenters. The van der Waals surface area contributed by atoms with Gasteiger partial charge in [0.25, 0.3) is 0 Å². The number of nitrogens with zero attached hydrogens (tertiary/aromatic N) is 1. The van der Waals surface area contributed by atoms with E-state index in [2.05, 4.69) is 217 Å². The molecule has 0 spiro atoms. The van der Waals surface area contributed by atoms with Crippen LogP contribution in [0.15, 0.2) is 194 Å². The summed E-state index contributed by atoms with van der Waals surface area (Å²) in [4.78, 5) is 2.37. The highest BCUT2D eigenvalue weighted by Gasteiger charge is 2.17. The van der Waals surface area contributed by atoms with Crippen LogP contribution in [0.25, 0.3) is 68.3 Å². The molecule has 0 saturated carbocycles. The molecule has 286 valence electrons. The second-order valence-corrected chi connectivity index (χ2v) is 16.4. The van der Waals surface area contributed by atoms with Crippen LogP contribution >= 0.6 is 0 Å². The van der Waals surface area contributed by atoms with Crippen molar-refractivity contribution in [2.45, 2.75) is 32.1 Å². The summed E-state index contributed by atoms with van der Waals surface area (Å²) in [5.74, 6) is 0. The minimum atomic E-state index is 0.972. The average Bonchev–Trinajstić information content (AvgIpc) is 3.77. The Labute approximate surface area is 354 Å². The quantitative estimate of drug-likeness (QED) is 0.149. The van der Waals surface area contributed by atoms with Crippen molar-refractivity contribution in [2.24, 2.45) is 0 Å². The summed E-state index contributed by atoms with van der Waals surface area (Å²) in [5.41, 5.74) is 24.2. The Kier molecular flexibility index (Phi) is 9.28. The van der Waals surface area contributed by atoms with Crippen LogP contribution < -0.4 is 4.90 Å². The van der Waals surface area contributed by atoms with Crippen LogP contribution in [0.2, 0.25) is 0 Å². The summed E-state index contributed by atoms with van der Waals surface area (Å²) in [6.07, 6.45) is 16.9. The van der Waals surface area contributed by atoms with Gasteiger partial charge in [0.05, 0.1) is 0 Å². The number of allylic oxidation sites excluding steroid dienone is 3. The maximum Gasteiger partial charge on any atom is 0.0462 e. The van der Waals surface area contributed by atoms with E-state index in [4.69, 9.17) is 0 Å². The van der Waals surface area contributed by atoms with Crippen molar-refractivity contribution < 1.29 is 0 Å². The van der Waals surface area contributed by atoms with E-state index in [0.717, 1.165) is 49.2 Å². The molecule has 8 aromatic rings. The van der Waals surface area contributed by atoms with Crippen LogP contribution in [-0.4, -0.2) is 0 Å². The molecule has 0 saturated heterocycles. The first kappa shape index (κ1) is 35.9. The van der Waals surface area contributed by atoms with Crippen LogP contribution in [0, 0.1) is 0 Å². The van der Waals surface area contributed by atoms with Gasteiger partial charge in [-0.25, -0.2) is 0 Å². The van der Waals surface area contributed by atoms with Crippen LogP contribution in [0.4, 0.5) is 17.1 Å². The predicted molar refractivity (Wildman–Crippen MR) is 256 cm³/mol. The molecule has 0 aliphatic heterocycles. The third-order valence-corrected chi connectivity index (χ3v) is 12.7. The van der Waals surface area contributed by atoms with Gasteiger partial charge in [0.15, 0.2) is 0 Å². The number of aryl methyl sites for hydroxylation is 2. The Bertz CT molecular complexity index is 2790. The number of benzene rings is 8. The standard InChI is InChI=1S/C59H45N/c1-3-9-50-37-54(23-21-41(50)7-1)47-17-13-43(14-18-47)45-25-31-57(32-26-45)60(59-35-29-49(30-36-59)56-39-52-11-5-6-12-53(52)40-56)58-33-27-46(28-34-58)44-15-19-48(20-16-44)55-24-22-42-8-2-4-10-51(42)38-55/h3-6,9-39H,1-2,7-8,40H2. The van der Waals surface area contributed by atoms with Gasteiger partial charge in [0.1, 0.15) is 0 Å². The van der Waals surface area contributed by atoms with E-state index in [1.807, 2.05) is 0 Å². The first-order valence-electron chi connectivity index (χ1n) is 21.4. The molecule has 1 heteroatoms. The Hall–Kier alpha value is -7.22. The van der Waals surface area contributed by atoms with Crippen LogP contribution in [0.5, 0.6) is 0 Å². The van der Waals surface area contributed by atoms with Crippen LogP contribution in [-0.2, 0) is 19.3 Å². The van der Waals surface area contributed by atoms with E-state index in [1.165, 1.54) is 89.0 Å². The number of anilines is 3. The molecule has 0 unspecified atom stereocenters. The Morgan fingerprint density at radius 2 is 0.700 bits per heavy atom. The second kappa shape index (κ2) is 15.5. The van der Waals surface area contributed by atoms with Gasteiger partial charge in [-0.1, -0.05) is 164 Å². The highest BCUT2D eigenvalue weighted by atomic mass is 15.1. The zero-order chi connectivity index (χ0) is 39.8. The minimum absolute atomic E-state index is 0.972. The minimum Gasteiger partial charge on any atom is -0.311 e. The summed E-state index contributed by atoms with van der Waals surface area (Å²) in [6, 6.07) is 67.7. The van der Waals surface area contributed by atoms with Gasteiger partial charge in [-0.05, 0) is 170 Å². The SMILES string of the molecule is C1=Cc2cc(-c3ccc(-c4ccc(N(c5ccc(C6=Cc7ccccc7C6)cc5)c5ccc(-c6ccc(-c7ccc8c(c7)C=CCC8)cc6)cc5)cc4)cc3)ccc2CC1. The zero-order valence-corrected chi connectivity index (χ0v) is 33.7. The number of hydrogen-bond donors (Lipinski definition) is 0. The molecule has 0 N–H and O–H groups in total. The molecule has 0 radical (unpaired) electrons. The van der Waals surface area contributed by atoms with Gasteiger partial charge < -0.3 is 4.90 Å². The molecule has 0 amide bonds. The average molecular weight is 768 g/mol.